The van der Waals surface area contributed by atoms with E-state index in [0.29, 0.717) is 22.6 Å². The molecule has 0 radical (unpaired) electrons. The maximum atomic E-state index is 13.9. The Labute approximate surface area is 226 Å². The molecule has 0 saturated heterocycles. The van der Waals surface area contributed by atoms with Crippen LogP contribution < -0.4 is 10.6 Å². The van der Waals surface area contributed by atoms with E-state index >= 15 is 0 Å². The summed E-state index contributed by atoms with van der Waals surface area (Å²) in [7, 11) is 0. The first kappa shape index (κ1) is 26.6. The molecule has 40 heavy (non-hydrogen) atoms. The number of hydrogen-bond acceptors (Lipinski definition) is 7. The van der Waals surface area contributed by atoms with Crippen LogP contribution in [0, 0.1) is 24.7 Å². The minimum absolute atomic E-state index is 0.00212. The molecule has 0 aliphatic heterocycles. The zero-order valence-corrected chi connectivity index (χ0v) is 21.7. The zero-order chi connectivity index (χ0) is 28.2. The number of imidazole rings is 1. The Morgan fingerprint density at radius 2 is 1.77 bits per heavy atom. The number of rotatable bonds is 9. The van der Waals surface area contributed by atoms with E-state index in [0.717, 1.165) is 12.8 Å². The van der Waals surface area contributed by atoms with Crippen LogP contribution >= 0.6 is 0 Å². The first-order valence-corrected chi connectivity index (χ1v) is 13.5. The highest BCUT2D eigenvalue weighted by atomic mass is 19.3. The van der Waals surface area contributed by atoms with Gasteiger partial charge in [0.15, 0.2) is 11.3 Å². The number of aromatic nitrogens is 5. The van der Waals surface area contributed by atoms with Gasteiger partial charge in [-0.15, -0.1) is 0 Å². The van der Waals surface area contributed by atoms with E-state index in [1.165, 1.54) is 4.52 Å². The molecule has 3 fully saturated rings. The smallest absolute Gasteiger partial charge is 0.276 e. The molecular formula is C26H29F4N7O3. The van der Waals surface area contributed by atoms with Gasteiger partial charge in [-0.05, 0) is 61.2 Å². The molecule has 1 unspecified atom stereocenters. The SMILES string of the molecule is Cc1nonc1C(=O)N[C@H](c1cn2ncc([C@H](NC(=O)CC3CC3(F)F)C3CC3)cc2n1)C1CCC(F)(F)CC1. The van der Waals surface area contributed by atoms with E-state index < -0.39 is 35.6 Å². The minimum Gasteiger partial charge on any atom is -0.349 e. The first-order valence-electron chi connectivity index (χ1n) is 13.5. The van der Waals surface area contributed by atoms with E-state index in [2.05, 4.69) is 35.7 Å². The monoisotopic (exact) mass is 563 g/mol. The van der Waals surface area contributed by atoms with Crippen LogP contribution in [0.3, 0.4) is 0 Å². The van der Waals surface area contributed by atoms with Crippen LogP contribution in [0.2, 0.25) is 0 Å². The Morgan fingerprint density at radius 3 is 2.40 bits per heavy atom. The summed E-state index contributed by atoms with van der Waals surface area (Å²) in [5.41, 5.74) is 1.89. The van der Waals surface area contributed by atoms with Crippen molar-refractivity contribution in [3.05, 3.63) is 41.1 Å². The van der Waals surface area contributed by atoms with Gasteiger partial charge in [0.2, 0.25) is 11.8 Å². The lowest BCUT2D eigenvalue weighted by Gasteiger charge is -2.33. The fourth-order valence-electron chi connectivity index (χ4n) is 5.56. The normalized spacial score (nSPS) is 23.5. The van der Waals surface area contributed by atoms with Gasteiger partial charge < -0.3 is 10.6 Å². The highest BCUT2D eigenvalue weighted by molar-refractivity contribution is 5.93. The second-order valence-corrected chi connectivity index (χ2v) is 11.3. The lowest BCUT2D eigenvalue weighted by Crippen LogP contribution is -2.37. The van der Waals surface area contributed by atoms with E-state index in [4.69, 9.17) is 0 Å². The molecule has 2 N–H and O–H groups in total. The van der Waals surface area contributed by atoms with Gasteiger partial charge in [0.05, 0.1) is 30.2 Å². The second kappa shape index (κ2) is 9.81. The number of nitrogens with one attached hydrogen (secondary N) is 2. The van der Waals surface area contributed by atoms with Crippen LogP contribution in [-0.4, -0.2) is 48.6 Å². The Hall–Kier alpha value is -3.58. The number of carbonyl (C=O) groups excluding carboxylic acids is 2. The van der Waals surface area contributed by atoms with Crippen LogP contribution in [0.4, 0.5) is 17.6 Å². The number of aryl methyl sites for hydroxylation is 1. The molecule has 14 heteroatoms. The van der Waals surface area contributed by atoms with Gasteiger partial charge in [-0.2, -0.15) is 5.10 Å². The Kier molecular flexibility index (Phi) is 6.53. The summed E-state index contributed by atoms with van der Waals surface area (Å²) in [5, 5.41) is 17.5. The lowest BCUT2D eigenvalue weighted by molar-refractivity contribution is -0.123. The summed E-state index contributed by atoms with van der Waals surface area (Å²) in [6.45, 7) is 1.57. The number of carbonyl (C=O) groups is 2. The molecule has 10 nitrogen and oxygen atoms in total. The average molecular weight is 564 g/mol. The number of nitrogens with zero attached hydrogens (tertiary/aromatic N) is 5. The van der Waals surface area contributed by atoms with Crippen molar-refractivity contribution in [2.75, 3.05) is 0 Å². The fraction of sp³-hybridized carbons (Fsp3) is 0.615. The summed E-state index contributed by atoms with van der Waals surface area (Å²) < 4.78 is 60.6. The molecule has 3 aliphatic carbocycles. The number of halogens is 4. The van der Waals surface area contributed by atoms with Gasteiger partial charge in [0.25, 0.3) is 11.8 Å². The van der Waals surface area contributed by atoms with Crippen molar-refractivity contribution in [2.24, 2.45) is 17.8 Å². The van der Waals surface area contributed by atoms with Crippen LogP contribution in [0.5, 0.6) is 0 Å². The van der Waals surface area contributed by atoms with Crippen molar-refractivity contribution in [1.29, 1.82) is 0 Å². The molecule has 3 aromatic heterocycles. The average Bonchev–Trinajstić information content (AvgIpc) is 3.72. The van der Waals surface area contributed by atoms with Gasteiger partial charge in [-0.25, -0.2) is 31.7 Å². The van der Waals surface area contributed by atoms with Gasteiger partial charge in [0, 0.05) is 31.6 Å². The lowest BCUT2D eigenvalue weighted by atomic mass is 9.81. The second-order valence-electron chi connectivity index (χ2n) is 11.3. The summed E-state index contributed by atoms with van der Waals surface area (Å²) in [4.78, 5) is 30.2. The summed E-state index contributed by atoms with van der Waals surface area (Å²) in [5.74, 6) is -7.51. The van der Waals surface area contributed by atoms with Crippen LogP contribution in [0.1, 0.15) is 90.9 Å². The molecule has 3 saturated carbocycles. The van der Waals surface area contributed by atoms with E-state index in [9.17, 15) is 27.2 Å². The van der Waals surface area contributed by atoms with Crippen molar-refractivity contribution < 1.29 is 31.8 Å². The Bertz CT molecular complexity index is 1430. The van der Waals surface area contributed by atoms with Gasteiger partial charge >= 0.3 is 0 Å². The molecule has 3 aliphatic rings. The van der Waals surface area contributed by atoms with Crippen LogP contribution in [-0.2, 0) is 4.79 Å². The first-order chi connectivity index (χ1) is 19.0. The largest absolute Gasteiger partial charge is 0.349 e. The molecule has 2 amide bonds. The van der Waals surface area contributed by atoms with Crippen molar-refractivity contribution in [2.45, 2.75) is 82.2 Å². The molecule has 214 valence electrons. The molecular weight excluding hydrogens is 534 g/mol. The van der Waals surface area contributed by atoms with Gasteiger partial charge in [-0.1, -0.05) is 5.16 Å². The van der Waals surface area contributed by atoms with E-state index in [1.807, 2.05) is 0 Å². The third-order valence-electron chi connectivity index (χ3n) is 8.22. The minimum atomic E-state index is -2.76. The zero-order valence-electron chi connectivity index (χ0n) is 21.7. The molecule has 0 aromatic carbocycles. The van der Waals surface area contributed by atoms with Gasteiger partial charge in [-0.3, -0.25) is 9.59 Å². The third kappa shape index (κ3) is 5.52. The Balaban J connectivity index is 1.25. The van der Waals surface area contributed by atoms with Gasteiger partial charge in [0.1, 0.15) is 5.69 Å². The molecule has 3 atom stereocenters. The molecule has 3 aromatic rings. The predicted octanol–water partition coefficient (Wildman–Crippen LogP) is 4.33. The molecule has 0 bridgehead atoms. The van der Waals surface area contributed by atoms with E-state index in [1.54, 1.807) is 25.4 Å². The standard InChI is InChI=1S/C26H29F4N7O3/c1-13-21(36-40-35-13)24(39)34-23(15-4-6-25(27,28)7-5-15)18-12-37-19(32-18)8-16(11-31-37)22(14-2-3-14)33-20(38)9-17-10-26(17,29)30/h8,11-12,14-15,17,22-23H,2-7,9-10H2,1H3,(H,33,38)(H,34,39)/t17?,22-,23+/m1/s1. The highest BCUT2D eigenvalue weighted by Crippen LogP contribution is 2.51. The molecule has 6 rings (SSSR count). The molecule has 0 spiro atoms. The third-order valence-corrected chi connectivity index (χ3v) is 8.22. The van der Waals surface area contributed by atoms with Crippen molar-refractivity contribution >= 4 is 17.5 Å². The van der Waals surface area contributed by atoms with Crippen molar-refractivity contribution in [3.8, 4) is 0 Å². The summed E-state index contributed by atoms with van der Waals surface area (Å²) in [6.07, 6.45) is 4.35. The highest BCUT2D eigenvalue weighted by Gasteiger charge is 2.57. The number of alkyl halides is 4. The maximum absolute atomic E-state index is 13.9. The number of fused-ring (bicyclic) bond motifs is 1. The summed E-state index contributed by atoms with van der Waals surface area (Å²) >= 11 is 0. The van der Waals surface area contributed by atoms with Crippen LogP contribution in [0.25, 0.3) is 5.65 Å². The van der Waals surface area contributed by atoms with Crippen LogP contribution in [0.15, 0.2) is 23.1 Å². The maximum Gasteiger partial charge on any atom is 0.276 e. The fourth-order valence-corrected chi connectivity index (χ4v) is 5.56. The summed E-state index contributed by atoms with van der Waals surface area (Å²) in [6, 6.07) is 0.700. The number of amides is 2. The van der Waals surface area contributed by atoms with Crippen molar-refractivity contribution in [1.82, 2.24) is 35.5 Å². The van der Waals surface area contributed by atoms with E-state index in [-0.39, 0.29) is 62.1 Å². The van der Waals surface area contributed by atoms with Crippen molar-refractivity contribution in [3.63, 3.8) is 0 Å². The Morgan fingerprint density at radius 1 is 1.07 bits per heavy atom. The number of hydrogen-bond donors (Lipinski definition) is 2. The quantitative estimate of drug-likeness (QED) is 0.371. The molecule has 3 heterocycles. The topological polar surface area (TPSA) is 127 Å². The predicted molar refractivity (Wildman–Crippen MR) is 130 cm³/mol.